The van der Waals surface area contributed by atoms with E-state index in [4.69, 9.17) is 11.6 Å². The Labute approximate surface area is 80.8 Å². The summed E-state index contributed by atoms with van der Waals surface area (Å²) in [6.07, 6.45) is 1.72. The Kier molecular flexibility index (Phi) is 3.43. The molecule has 0 heterocycles. The molecule has 0 saturated carbocycles. The zero-order chi connectivity index (χ0) is 9.84. The summed E-state index contributed by atoms with van der Waals surface area (Å²) in [5, 5.41) is 0. The van der Waals surface area contributed by atoms with E-state index >= 15 is 0 Å². The van der Waals surface area contributed by atoms with Gasteiger partial charge in [-0.05, 0) is 24.6 Å². The number of hydrogen-bond donors (Lipinski definition) is 0. The summed E-state index contributed by atoms with van der Waals surface area (Å²) in [6, 6.07) is 3.75. The van der Waals surface area contributed by atoms with Gasteiger partial charge in [-0.3, -0.25) is 0 Å². The van der Waals surface area contributed by atoms with E-state index in [9.17, 15) is 8.78 Å². The van der Waals surface area contributed by atoms with Gasteiger partial charge in [-0.2, -0.15) is 0 Å². The Bertz CT molecular complexity index is 332. The number of halogens is 3. The van der Waals surface area contributed by atoms with E-state index in [1.165, 1.54) is 6.07 Å². The molecule has 1 aromatic rings. The Balaban J connectivity index is 2.98. The Morgan fingerprint density at radius 1 is 1.38 bits per heavy atom. The monoisotopic (exact) mass is 202 g/mol. The maximum absolute atomic E-state index is 12.7. The van der Waals surface area contributed by atoms with Gasteiger partial charge in [0.15, 0.2) is 11.6 Å². The molecule has 0 unspecified atom stereocenters. The fourth-order valence-corrected chi connectivity index (χ4v) is 1.00. The van der Waals surface area contributed by atoms with Gasteiger partial charge >= 0.3 is 0 Å². The first-order valence-corrected chi connectivity index (χ1v) is 4.35. The third-order valence-corrected chi connectivity index (χ3v) is 1.99. The lowest BCUT2D eigenvalue weighted by Gasteiger charge is -1.97. The summed E-state index contributed by atoms with van der Waals surface area (Å²) in [5.74, 6) is -1.28. The zero-order valence-electron chi connectivity index (χ0n) is 7.15. The number of rotatable bonds is 2. The van der Waals surface area contributed by atoms with Crippen molar-refractivity contribution in [1.29, 1.82) is 0 Å². The summed E-state index contributed by atoms with van der Waals surface area (Å²) in [7, 11) is 0. The second kappa shape index (κ2) is 4.38. The fourth-order valence-electron chi connectivity index (χ4n) is 0.925. The molecule has 1 aromatic carbocycles. The molecular formula is C10H9ClF2. The van der Waals surface area contributed by atoms with Crippen LogP contribution in [0.2, 0.25) is 0 Å². The van der Waals surface area contributed by atoms with Gasteiger partial charge in [-0.15, -0.1) is 11.6 Å². The van der Waals surface area contributed by atoms with Crippen molar-refractivity contribution in [1.82, 2.24) is 0 Å². The summed E-state index contributed by atoms with van der Waals surface area (Å²) >= 11 is 5.54. The van der Waals surface area contributed by atoms with E-state index in [2.05, 4.69) is 0 Å². The summed E-state index contributed by atoms with van der Waals surface area (Å²) < 4.78 is 25.2. The molecule has 0 aliphatic rings. The predicted octanol–water partition coefficient (Wildman–Crippen LogP) is 3.61. The van der Waals surface area contributed by atoms with Crippen LogP contribution in [0.4, 0.5) is 8.78 Å². The van der Waals surface area contributed by atoms with Gasteiger partial charge in [0.05, 0.1) is 0 Å². The van der Waals surface area contributed by atoms with Crippen LogP contribution in [0.1, 0.15) is 12.5 Å². The van der Waals surface area contributed by atoms with Crippen LogP contribution in [-0.4, -0.2) is 5.88 Å². The molecule has 0 amide bonds. The predicted molar refractivity (Wildman–Crippen MR) is 50.7 cm³/mol. The van der Waals surface area contributed by atoms with Crippen molar-refractivity contribution in [2.75, 3.05) is 5.88 Å². The van der Waals surface area contributed by atoms with Gasteiger partial charge in [0.1, 0.15) is 0 Å². The quantitative estimate of drug-likeness (QED) is 0.643. The maximum Gasteiger partial charge on any atom is 0.159 e. The van der Waals surface area contributed by atoms with Gasteiger partial charge < -0.3 is 0 Å². The molecule has 3 heteroatoms. The molecule has 0 radical (unpaired) electrons. The minimum Gasteiger partial charge on any atom is -0.204 e. The molecule has 0 nitrogen and oxygen atoms in total. The molecular weight excluding hydrogens is 194 g/mol. The number of hydrogen-bond acceptors (Lipinski definition) is 0. The zero-order valence-corrected chi connectivity index (χ0v) is 7.91. The number of alkyl halides is 1. The largest absolute Gasteiger partial charge is 0.204 e. The van der Waals surface area contributed by atoms with Crippen molar-refractivity contribution >= 4 is 17.7 Å². The van der Waals surface area contributed by atoms with Crippen LogP contribution >= 0.6 is 11.6 Å². The molecule has 0 bridgehead atoms. The average Bonchev–Trinajstić information content (AvgIpc) is 2.11. The molecule has 0 atom stereocenters. The molecule has 0 fully saturated rings. The fraction of sp³-hybridized carbons (Fsp3) is 0.200. The lowest BCUT2D eigenvalue weighted by Crippen LogP contribution is -1.85. The van der Waals surface area contributed by atoms with Gasteiger partial charge in [0.25, 0.3) is 0 Å². The van der Waals surface area contributed by atoms with E-state index in [0.717, 1.165) is 17.7 Å². The van der Waals surface area contributed by atoms with Crippen molar-refractivity contribution < 1.29 is 8.78 Å². The van der Waals surface area contributed by atoms with Crippen LogP contribution in [0.3, 0.4) is 0 Å². The Hall–Kier alpha value is -0.890. The molecule has 0 aliphatic carbocycles. The smallest absolute Gasteiger partial charge is 0.159 e. The van der Waals surface area contributed by atoms with E-state index < -0.39 is 11.6 Å². The molecule has 13 heavy (non-hydrogen) atoms. The lowest BCUT2D eigenvalue weighted by atomic mass is 10.1. The van der Waals surface area contributed by atoms with E-state index in [-0.39, 0.29) is 0 Å². The van der Waals surface area contributed by atoms with E-state index in [0.29, 0.717) is 11.4 Å². The lowest BCUT2D eigenvalue weighted by molar-refractivity contribution is 0.508. The molecule has 1 rings (SSSR count). The van der Waals surface area contributed by atoms with E-state index in [1.807, 2.05) is 6.92 Å². The summed E-state index contributed by atoms with van der Waals surface area (Å²) in [4.78, 5) is 0. The highest BCUT2D eigenvalue weighted by Crippen LogP contribution is 2.12. The summed E-state index contributed by atoms with van der Waals surface area (Å²) in [6.45, 7) is 1.83. The van der Waals surface area contributed by atoms with Crippen molar-refractivity contribution in [3.05, 3.63) is 41.0 Å². The third kappa shape index (κ3) is 2.81. The first kappa shape index (κ1) is 10.2. The van der Waals surface area contributed by atoms with Crippen LogP contribution in [0, 0.1) is 11.6 Å². The van der Waals surface area contributed by atoms with Crippen LogP contribution in [0.25, 0.3) is 6.08 Å². The highest BCUT2D eigenvalue weighted by molar-refractivity contribution is 6.19. The van der Waals surface area contributed by atoms with Crippen LogP contribution < -0.4 is 0 Å². The number of benzene rings is 1. The van der Waals surface area contributed by atoms with E-state index in [1.54, 1.807) is 6.08 Å². The second-order valence-electron chi connectivity index (χ2n) is 2.80. The van der Waals surface area contributed by atoms with Crippen LogP contribution in [0.5, 0.6) is 0 Å². The van der Waals surface area contributed by atoms with Crippen molar-refractivity contribution in [3.63, 3.8) is 0 Å². The highest BCUT2D eigenvalue weighted by Gasteiger charge is 2.00. The van der Waals surface area contributed by atoms with Crippen LogP contribution in [0.15, 0.2) is 23.8 Å². The molecule has 70 valence electrons. The maximum atomic E-state index is 12.7. The molecule has 0 spiro atoms. The molecule has 0 saturated heterocycles. The first-order valence-electron chi connectivity index (χ1n) is 3.81. The first-order chi connectivity index (χ1) is 6.13. The third-order valence-electron chi connectivity index (χ3n) is 1.57. The van der Waals surface area contributed by atoms with Crippen LogP contribution in [-0.2, 0) is 0 Å². The minimum atomic E-state index is -0.837. The topological polar surface area (TPSA) is 0 Å². The SMILES string of the molecule is CC(=Cc1ccc(F)c(F)c1)CCl. The number of allylic oxidation sites excluding steroid dienone is 1. The van der Waals surface area contributed by atoms with Gasteiger partial charge in [-0.25, -0.2) is 8.78 Å². The molecule has 0 aromatic heterocycles. The average molecular weight is 203 g/mol. The van der Waals surface area contributed by atoms with Gasteiger partial charge in [0.2, 0.25) is 0 Å². The van der Waals surface area contributed by atoms with Crippen molar-refractivity contribution in [2.24, 2.45) is 0 Å². The summed E-state index contributed by atoms with van der Waals surface area (Å²) in [5.41, 5.74) is 1.53. The standard InChI is InChI=1S/C10H9ClF2/c1-7(6-11)4-8-2-3-9(12)10(13)5-8/h2-5H,6H2,1H3. The Morgan fingerprint density at radius 2 is 2.08 bits per heavy atom. The Morgan fingerprint density at radius 3 is 2.62 bits per heavy atom. The van der Waals surface area contributed by atoms with Crippen molar-refractivity contribution in [3.8, 4) is 0 Å². The molecule has 0 N–H and O–H groups in total. The van der Waals surface area contributed by atoms with Gasteiger partial charge in [-0.1, -0.05) is 17.7 Å². The highest BCUT2D eigenvalue weighted by atomic mass is 35.5. The molecule has 0 aliphatic heterocycles. The van der Waals surface area contributed by atoms with Crippen molar-refractivity contribution in [2.45, 2.75) is 6.92 Å². The van der Waals surface area contributed by atoms with Gasteiger partial charge in [0, 0.05) is 5.88 Å². The minimum absolute atomic E-state index is 0.388. The normalized spacial score (nSPS) is 11.8. The second-order valence-corrected chi connectivity index (χ2v) is 3.07.